The van der Waals surface area contributed by atoms with Crippen molar-refractivity contribution >= 4 is 25.7 Å². The summed E-state index contributed by atoms with van der Waals surface area (Å²) in [5.41, 5.74) is -4.90. The quantitative estimate of drug-likeness (QED) is 0.814. The van der Waals surface area contributed by atoms with Gasteiger partial charge in [0.05, 0.1) is 4.90 Å². The molecule has 1 aromatic rings. The number of benzene rings is 1. The standard InChI is InChI=1S/C9H7BrF3NOS/c10-6-7-14-16(15,9(11,12)13)8-4-2-1-3-5-8/h1-7H/b7-6+. The average Bonchev–Trinajstić information content (AvgIpc) is 2.25. The molecule has 0 aromatic heterocycles. The Labute approximate surface area is 99.5 Å². The molecule has 0 N–H and O–H groups in total. The van der Waals surface area contributed by atoms with Crippen molar-refractivity contribution in [2.45, 2.75) is 10.4 Å². The van der Waals surface area contributed by atoms with Gasteiger partial charge in [0, 0.05) is 11.2 Å². The molecule has 0 heterocycles. The second-order valence-electron chi connectivity index (χ2n) is 2.67. The molecule has 16 heavy (non-hydrogen) atoms. The first-order valence-electron chi connectivity index (χ1n) is 4.04. The minimum atomic E-state index is -4.90. The van der Waals surface area contributed by atoms with Crippen molar-refractivity contribution in [3.63, 3.8) is 0 Å². The number of hydrogen-bond acceptors (Lipinski definition) is 2. The summed E-state index contributed by atoms with van der Waals surface area (Å²) < 4.78 is 53.0. The Morgan fingerprint density at radius 3 is 2.25 bits per heavy atom. The minimum absolute atomic E-state index is 0.354. The summed E-state index contributed by atoms with van der Waals surface area (Å²) in [4.78, 5) is 0.759. The molecule has 0 amide bonds. The van der Waals surface area contributed by atoms with E-state index in [9.17, 15) is 17.4 Å². The second-order valence-corrected chi connectivity index (χ2v) is 5.39. The van der Waals surface area contributed by atoms with Crippen LogP contribution in [0.4, 0.5) is 13.2 Å². The highest BCUT2D eigenvalue weighted by Gasteiger charge is 2.44. The second kappa shape index (κ2) is 5.01. The van der Waals surface area contributed by atoms with Crippen LogP contribution in [0.5, 0.6) is 0 Å². The molecule has 0 radical (unpaired) electrons. The first-order valence-corrected chi connectivity index (χ1v) is 6.48. The van der Waals surface area contributed by atoms with E-state index in [1.165, 1.54) is 12.1 Å². The lowest BCUT2D eigenvalue weighted by molar-refractivity contribution is -0.0402. The summed E-state index contributed by atoms with van der Waals surface area (Å²) in [7, 11) is -4.44. The fraction of sp³-hybridized carbons (Fsp3) is 0.111. The van der Waals surface area contributed by atoms with Crippen LogP contribution in [-0.4, -0.2) is 9.72 Å². The average molecular weight is 314 g/mol. The predicted octanol–water partition coefficient (Wildman–Crippen LogP) is 3.90. The zero-order valence-electron chi connectivity index (χ0n) is 7.82. The van der Waals surface area contributed by atoms with Gasteiger partial charge in [-0.05, 0) is 12.1 Å². The van der Waals surface area contributed by atoms with Crippen molar-refractivity contribution < 1.29 is 17.4 Å². The van der Waals surface area contributed by atoms with Gasteiger partial charge in [-0.2, -0.15) is 17.5 Å². The molecule has 0 spiro atoms. The van der Waals surface area contributed by atoms with Crippen molar-refractivity contribution in [2.24, 2.45) is 4.36 Å². The van der Waals surface area contributed by atoms with E-state index in [4.69, 9.17) is 0 Å². The van der Waals surface area contributed by atoms with Gasteiger partial charge in [0.25, 0.3) is 0 Å². The van der Waals surface area contributed by atoms with Crippen LogP contribution in [0.25, 0.3) is 0 Å². The Morgan fingerprint density at radius 2 is 1.81 bits per heavy atom. The third-order valence-corrected chi connectivity index (χ3v) is 3.84. The van der Waals surface area contributed by atoms with Crippen LogP contribution in [0.2, 0.25) is 0 Å². The van der Waals surface area contributed by atoms with Crippen LogP contribution >= 0.6 is 15.9 Å². The zero-order valence-corrected chi connectivity index (χ0v) is 10.2. The molecule has 88 valence electrons. The van der Waals surface area contributed by atoms with Gasteiger partial charge in [-0.15, -0.1) is 0 Å². The van der Waals surface area contributed by atoms with Gasteiger partial charge in [-0.25, -0.2) is 4.21 Å². The van der Waals surface area contributed by atoms with Crippen molar-refractivity contribution in [2.75, 3.05) is 0 Å². The molecule has 0 saturated heterocycles. The molecule has 2 nitrogen and oxygen atoms in total. The van der Waals surface area contributed by atoms with E-state index in [0.717, 1.165) is 23.3 Å². The predicted molar refractivity (Wildman–Crippen MR) is 59.4 cm³/mol. The zero-order chi connectivity index (χ0) is 12.2. The van der Waals surface area contributed by atoms with Gasteiger partial charge in [0.2, 0.25) is 0 Å². The van der Waals surface area contributed by atoms with Gasteiger partial charge in [-0.1, -0.05) is 34.1 Å². The fourth-order valence-corrected chi connectivity index (χ4v) is 2.51. The molecule has 0 fully saturated rings. The number of hydrogen-bond donors (Lipinski definition) is 0. The normalized spacial score (nSPS) is 16.0. The lowest BCUT2D eigenvalue weighted by Gasteiger charge is -2.12. The first kappa shape index (κ1) is 13.2. The summed E-state index contributed by atoms with van der Waals surface area (Å²) in [5.74, 6) is 0. The maximum absolute atomic E-state index is 12.7. The van der Waals surface area contributed by atoms with Crippen LogP contribution in [0, 0.1) is 0 Å². The molecule has 0 aliphatic rings. The van der Waals surface area contributed by atoms with Gasteiger partial charge >= 0.3 is 5.51 Å². The molecule has 0 saturated carbocycles. The van der Waals surface area contributed by atoms with Gasteiger partial charge in [0.1, 0.15) is 0 Å². The van der Waals surface area contributed by atoms with Crippen LogP contribution < -0.4 is 0 Å². The number of halogens is 4. The fourth-order valence-electron chi connectivity index (χ4n) is 0.968. The van der Waals surface area contributed by atoms with E-state index in [0.29, 0.717) is 0 Å². The molecule has 1 unspecified atom stereocenters. The van der Waals surface area contributed by atoms with E-state index < -0.39 is 15.2 Å². The molecule has 1 aromatic carbocycles. The number of nitrogens with zero attached hydrogens (tertiary/aromatic N) is 1. The molecule has 0 aliphatic heterocycles. The maximum atomic E-state index is 12.7. The molecule has 7 heteroatoms. The third kappa shape index (κ3) is 2.65. The molecule has 1 rings (SSSR count). The van der Waals surface area contributed by atoms with Crippen molar-refractivity contribution in [3.05, 3.63) is 41.5 Å². The van der Waals surface area contributed by atoms with Crippen LogP contribution in [0.15, 0.2) is 50.8 Å². The Kier molecular flexibility index (Phi) is 4.15. The van der Waals surface area contributed by atoms with E-state index >= 15 is 0 Å². The Bertz CT molecular complexity index is 489. The molecular weight excluding hydrogens is 307 g/mol. The highest BCUT2D eigenvalue weighted by Crippen LogP contribution is 2.32. The topological polar surface area (TPSA) is 29.4 Å². The first-order chi connectivity index (χ1) is 7.42. The summed E-state index contributed by atoms with van der Waals surface area (Å²) in [6.07, 6.45) is 0.822. The minimum Gasteiger partial charge on any atom is -0.235 e. The smallest absolute Gasteiger partial charge is 0.235 e. The Hall–Kier alpha value is -0.820. The summed E-state index contributed by atoms with van der Waals surface area (Å²) in [6, 6.07) is 6.59. The number of rotatable bonds is 2. The largest absolute Gasteiger partial charge is 0.483 e. The molecule has 0 bridgehead atoms. The molecule has 0 aliphatic carbocycles. The summed E-state index contributed by atoms with van der Waals surface area (Å²) >= 11 is 2.77. The van der Waals surface area contributed by atoms with E-state index in [2.05, 4.69) is 20.3 Å². The van der Waals surface area contributed by atoms with Crippen molar-refractivity contribution in [1.29, 1.82) is 0 Å². The number of alkyl halides is 3. The summed E-state index contributed by atoms with van der Waals surface area (Å²) in [6.45, 7) is 0. The Morgan fingerprint density at radius 1 is 1.25 bits per heavy atom. The van der Waals surface area contributed by atoms with Crippen molar-refractivity contribution in [3.8, 4) is 0 Å². The lowest BCUT2D eigenvalue weighted by Crippen LogP contribution is -2.22. The summed E-state index contributed by atoms with van der Waals surface area (Å²) in [5, 5.41) is 0. The van der Waals surface area contributed by atoms with E-state index in [1.807, 2.05) is 0 Å². The van der Waals surface area contributed by atoms with Gasteiger partial charge in [0.15, 0.2) is 9.73 Å². The Balaban J connectivity index is 3.46. The molecular formula is C9H7BrF3NOS. The highest BCUT2D eigenvalue weighted by atomic mass is 79.9. The molecule has 1 atom stereocenters. The maximum Gasteiger partial charge on any atom is 0.483 e. The van der Waals surface area contributed by atoms with Crippen LogP contribution in [0.3, 0.4) is 0 Å². The van der Waals surface area contributed by atoms with Gasteiger partial charge < -0.3 is 0 Å². The van der Waals surface area contributed by atoms with Crippen LogP contribution in [-0.2, 0) is 9.73 Å². The van der Waals surface area contributed by atoms with Crippen LogP contribution in [0.1, 0.15) is 0 Å². The lowest BCUT2D eigenvalue weighted by atomic mass is 10.4. The third-order valence-electron chi connectivity index (χ3n) is 1.64. The highest BCUT2D eigenvalue weighted by molar-refractivity contribution is 9.11. The van der Waals surface area contributed by atoms with Gasteiger partial charge in [-0.3, -0.25) is 0 Å². The van der Waals surface area contributed by atoms with E-state index in [1.54, 1.807) is 6.07 Å². The van der Waals surface area contributed by atoms with E-state index in [-0.39, 0.29) is 4.90 Å². The monoisotopic (exact) mass is 313 g/mol. The van der Waals surface area contributed by atoms with Crippen molar-refractivity contribution in [1.82, 2.24) is 0 Å². The SMILES string of the molecule is O=S(=N/C=C/Br)(c1ccccc1)C(F)(F)F.